The van der Waals surface area contributed by atoms with Crippen LogP contribution in [0.5, 0.6) is 5.75 Å². The van der Waals surface area contributed by atoms with Gasteiger partial charge in [0.05, 0.1) is 24.4 Å². The highest BCUT2D eigenvalue weighted by Gasteiger charge is 2.12. The minimum atomic E-state index is 0.283. The number of para-hydroxylation sites is 1. The highest BCUT2D eigenvalue weighted by Crippen LogP contribution is 2.30. The van der Waals surface area contributed by atoms with Crippen LogP contribution in [0.4, 0.5) is 11.5 Å². The number of hydrogen-bond donors (Lipinski definition) is 1. The minimum absolute atomic E-state index is 0.283. The van der Waals surface area contributed by atoms with Gasteiger partial charge in [-0.3, -0.25) is 0 Å². The van der Waals surface area contributed by atoms with E-state index in [0.29, 0.717) is 22.6 Å². The average Bonchev–Trinajstić information content (AvgIpc) is 2.48. The molecule has 0 bridgehead atoms. The smallest absolute Gasteiger partial charge is 0.171 e. The summed E-state index contributed by atoms with van der Waals surface area (Å²) < 4.78 is 5.19. The van der Waals surface area contributed by atoms with Crippen LogP contribution in [0.15, 0.2) is 30.5 Å². The molecule has 0 fully saturated rings. The molecule has 92 valence electrons. The van der Waals surface area contributed by atoms with Crippen molar-refractivity contribution in [1.82, 2.24) is 10.2 Å². The molecule has 0 aliphatic heterocycles. The minimum Gasteiger partial charge on any atom is -0.495 e. The van der Waals surface area contributed by atoms with Gasteiger partial charge in [0.2, 0.25) is 0 Å². The van der Waals surface area contributed by atoms with E-state index < -0.39 is 0 Å². The number of nitrogens with one attached hydrogen (secondary N) is 1. The van der Waals surface area contributed by atoms with Crippen LogP contribution in [0, 0.1) is 22.7 Å². The van der Waals surface area contributed by atoms with E-state index in [1.54, 1.807) is 18.2 Å². The van der Waals surface area contributed by atoms with Crippen molar-refractivity contribution in [2.45, 2.75) is 0 Å². The third kappa shape index (κ3) is 2.43. The van der Waals surface area contributed by atoms with Crippen molar-refractivity contribution in [3.8, 4) is 17.9 Å². The fraction of sp³-hybridized carbons (Fsp3) is 0.0769. The number of ether oxygens (including phenoxy) is 1. The van der Waals surface area contributed by atoms with Crippen LogP contribution in [0.3, 0.4) is 0 Å². The number of benzene rings is 1. The Labute approximate surface area is 109 Å². The van der Waals surface area contributed by atoms with Crippen LogP contribution in [0.2, 0.25) is 0 Å². The van der Waals surface area contributed by atoms with E-state index in [1.807, 2.05) is 6.07 Å². The summed E-state index contributed by atoms with van der Waals surface area (Å²) in [4.78, 5) is 0. The van der Waals surface area contributed by atoms with Gasteiger partial charge in [-0.1, -0.05) is 6.07 Å². The quantitative estimate of drug-likeness (QED) is 0.896. The Kier molecular flexibility index (Phi) is 3.56. The van der Waals surface area contributed by atoms with Crippen molar-refractivity contribution in [2.75, 3.05) is 12.4 Å². The van der Waals surface area contributed by atoms with E-state index >= 15 is 0 Å². The van der Waals surface area contributed by atoms with Crippen LogP contribution in [0.1, 0.15) is 11.1 Å². The van der Waals surface area contributed by atoms with Crippen LogP contribution >= 0.6 is 0 Å². The van der Waals surface area contributed by atoms with Crippen molar-refractivity contribution >= 4 is 11.5 Å². The normalized spacial score (nSPS) is 9.21. The Morgan fingerprint density at radius 3 is 2.63 bits per heavy atom. The molecule has 2 aromatic rings. The first-order chi connectivity index (χ1) is 9.30. The lowest BCUT2D eigenvalue weighted by Gasteiger charge is -2.12. The number of nitriles is 2. The van der Waals surface area contributed by atoms with E-state index in [0.717, 1.165) is 0 Å². The van der Waals surface area contributed by atoms with Crippen molar-refractivity contribution in [3.63, 3.8) is 0 Å². The molecule has 0 unspecified atom stereocenters. The fourth-order valence-electron chi connectivity index (χ4n) is 1.56. The molecule has 1 aromatic heterocycles. The first-order valence-corrected chi connectivity index (χ1v) is 5.36. The molecule has 0 aliphatic rings. The molecule has 0 saturated heterocycles. The maximum Gasteiger partial charge on any atom is 0.171 e. The van der Waals surface area contributed by atoms with E-state index in [9.17, 15) is 0 Å². The topological polar surface area (TPSA) is 94.6 Å². The highest BCUT2D eigenvalue weighted by molar-refractivity contribution is 5.73. The van der Waals surface area contributed by atoms with Gasteiger partial charge in [0.1, 0.15) is 23.6 Å². The third-order valence-electron chi connectivity index (χ3n) is 2.45. The summed E-state index contributed by atoms with van der Waals surface area (Å²) in [7, 11) is 1.50. The Bertz CT molecular complexity index is 684. The van der Waals surface area contributed by atoms with Crippen LogP contribution in [-0.4, -0.2) is 17.3 Å². The lowest BCUT2D eigenvalue weighted by Crippen LogP contribution is -2.02. The first kappa shape index (κ1) is 12.3. The van der Waals surface area contributed by atoms with E-state index in [-0.39, 0.29) is 5.82 Å². The van der Waals surface area contributed by atoms with Gasteiger partial charge in [-0.2, -0.15) is 15.6 Å². The molecule has 0 saturated carbocycles. The largest absolute Gasteiger partial charge is 0.495 e. The van der Waals surface area contributed by atoms with Gasteiger partial charge in [0.15, 0.2) is 5.82 Å². The molecule has 0 atom stereocenters. The number of methoxy groups -OCH3 is 1. The number of anilines is 2. The monoisotopic (exact) mass is 251 g/mol. The molecule has 0 spiro atoms. The SMILES string of the molecule is COc1cccc(C#N)c1Nc1nnccc1C#N. The summed E-state index contributed by atoms with van der Waals surface area (Å²) in [5.74, 6) is 0.777. The predicted molar refractivity (Wildman–Crippen MR) is 67.7 cm³/mol. The maximum absolute atomic E-state index is 9.10. The molecule has 6 nitrogen and oxygen atoms in total. The molecule has 1 N–H and O–H groups in total. The van der Waals surface area contributed by atoms with Gasteiger partial charge in [-0.25, -0.2) is 0 Å². The van der Waals surface area contributed by atoms with Crippen molar-refractivity contribution in [1.29, 1.82) is 10.5 Å². The average molecular weight is 251 g/mol. The van der Waals surface area contributed by atoms with Gasteiger partial charge in [-0.15, -0.1) is 5.10 Å². The van der Waals surface area contributed by atoms with Gasteiger partial charge < -0.3 is 10.1 Å². The van der Waals surface area contributed by atoms with Crippen molar-refractivity contribution < 1.29 is 4.74 Å². The summed E-state index contributed by atoms with van der Waals surface area (Å²) in [6.45, 7) is 0. The molecule has 0 radical (unpaired) electrons. The highest BCUT2D eigenvalue weighted by atomic mass is 16.5. The third-order valence-corrected chi connectivity index (χ3v) is 2.45. The van der Waals surface area contributed by atoms with E-state index in [4.69, 9.17) is 15.3 Å². The zero-order valence-electron chi connectivity index (χ0n) is 10.1. The maximum atomic E-state index is 9.10. The predicted octanol–water partition coefficient (Wildman–Crippen LogP) is 1.97. The summed E-state index contributed by atoms with van der Waals surface area (Å²) >= 11 is 0. The molecule has 1 aromatic carbocycles. The first-order valence-electron chi connectivity index (χ1n) is 5.36. The number of nitrogens with zero attached hydrogens (tertiary/aromatic N) is 4. The van der Waals surface area contributed by atoms with Crippen molar-refractivity contribution in [3.05, 3.63) is 41.6 Å². The number of hydrogen-bond acceptors (Lipinski definition) is 6. The Morgan fingerprint density at radius 2 is 1.95 bits per heavy atom. The Morgan fingerprint density at radius 1 is 1.16 bits per heavy atom. The molecule has 1 heterocycles. The fourth-order valence-corrected chi connectivity index (χ4v) is 1.56. The Hall–Kier alpha value is -3.12. The van der Waals surface area contributed by atoms with Crippen LogP contribution in [-0.2, 0) is 0 Å². The van der Waals surface area contributed by atoms with Gasteiger partial charge in [0.25, 0.3) is 0 Å². The lowest BCUT2D eigenvalue weighted by molar-refractivity contribution is 0.416. The molecule has 19 heavy (non-hydrogen) atoms. The number of aromatic nitrogens is 2. The summed E-state index contributed by atoms with van der Waals surface area (Å²) in [6.07, 6.45) is 1.43. The van der Waals surface area contributed by atoms with Crippen LogP contribution < -0.4 is 10.1 Å². The second-order valence-electron chi connectivity index (χ2n) is 3.52. The number of rotatable bonds is 3. The van der Waals surface area contributed by atoms with Gasteiger partial charge >= 0.3 is 0 Å². The van der Waals surface area contributed by atoms with Gasteiger partial charge in [0, 0.05) is 0 Å². The Balaban J connectivity index is 2.50. The summed E-state index contributed by atoms with van der Waals surface area (Å²) in [5, 5.41) is 28.6. The summed E-state index contributed by atoms with van der Waals surface area (Å²) in [5.41, 5.74) is 1.20. The molecular formula is C13H9N5O. The second kappa shape index (κ2) is 5.48. The lowest BCUT2D eigenvalue weighted by atomic mass is 10.1. The van der Waals surface area contributed by atoms with E-state index in [1.165, 1.54) is 19.4 Å². The summed E-state index contributed by atoms with van der Waals surface area (Å²) in [6, 6.07) is 10.7. The van der Waals surface area contributed by atoms with E-state index in [2.05, 4.69) is 21.6 Å². The molecular weight excluding hydrogens is 242 g/mol. The van der Waals surface area contributed by atoms with Crippen LogP contribution in [0.25, 0.3) is 0 Å². The van der Waals surface area contributed by atoms with Gasteiger partial charge in [-0.05, 0) is 18.2 Å². The molecule has 6 heteroatoms. The zero-order chi connectivity index (χ0) is 13.7. The molecule has 2 rings (SSSR count). The zero-order valence-corrected chi connectivity index (χ0v) is 10.1. The standard InChI is InChI=1S/C13H9N5O/c1-19-11-4-2-3-9(7-14)12(11)17-13-10(8-15)5-6-16-18-13/h2-6H,1H3,(H,17,18). The molecule has 0 amide bonds. The molecule has 0 aliphatic carbocycles. The second-order valence-corrected chi connectivity index (χ2v) is 3.52. The van der Waals surface area contributed by atoms with Crippen molar-refractivity contribution in [2.24, 2.45) is 0 Å².